The zero-order valence-electron chi connectivity index (χ0n) is 11.1. The molecule has 18 heavy (non-hydrogen) atoms. The number of aliphatic carboxylic acids is 1. The van der Waals surface area contributed by atoms with E-state index in [-0.39, 0.29) is 5.76 Å². The van der Waals surface area contributed by atoms with Crippen LogP contribution in [-0.2, 0) is 9.53 Å². The predicted octanol–water partition coefficient (Wildman–Crippen LogP) is 3.56. The Balaban J connectivity index is 3.13. The largest absolute Gasteiger partial charge is 0.490 e. The van der Waals surface area contributed by atoms with Crippen LogP contribution in [0.15, 0.2) is 36.1 Å². The third-order valence-corrected chi connectivity index (χ3v) is 2.77. The predicted molar refractivity (Wildman–Crippen MR) is 72.1 cm³/mol. The SMILES string of the molecule is COC(C(=O)O)=C(CCC(C)C)c1ccccc1. The summed E-state index contributed by atoms with van der Waals surface area (Å²) in [5.74, 6) is -0.447. The first-order chi connectivity index (χ1) is 8.56. The van der Waals surface area contributed by atoms with Crippen molar-refractivity contribution >= 4 is 11.5 Å². The summed E-state index contributed by atoms with van der Waals surface area (Å²) in [5, 5.41) is 9.19. The highest BCUT2D eigenvalue weighted by atomic mass is 16.5. The van der Waals surface area contributed by atoms with Crippen LogP contribution in [0.5, 0.6) is 0 Å². The number of benzene rings is 1. The summed E-state index contributed by atoms with van der Waals surface area (Å²) in [6, 6.07) is 9.55. The van der Waals surface area contributed by atoms with Crippen molar-refractivity contribution in [1.82, 2.24) is 0 Å². The summed E-state index contributed by atoms with van der Waals surface area (Å²) >= 11 is 0. The van der Waals surface area contributed by atoms with Crippen LogP contribution in [0.3, 0.4) is 0 Å². The number of carboxylic acids is 1. The molecule has 0 heterocycles. The van der Waals surface area contributed by atoms with Gasteiger partial charge in [0.1, 0.15) is 0 Å². The van der Waals surface area contributed by atoms with Gasteiger partial charge in [-0.05, 0) is 24.3 Å². The Morgan fingerprint density at radius 1 is 1.28 bits per heavy atom. The molecule has 0 radical (unpaired) electrons. The minimum absolute atomic E-state index is 0.0434. The maximum absolute atomic E-state index is 11.2. The molecule has 1 aromatic carbocycles. The Morgan fingerprint density at radius 3 is 2.33 bits per heavy atom. The van der Waals surface area contributed by atoms with Crippen LogP contribution >= 0.6 is 0 Å². The standard InChI is InChI=1S/C15H20O3/c1-11(2)9-10-13(14(18-3)15(16)17)12-7-5-4-6-8-12/h4-8,11H,9-10H2,1-3H3,(H,16,17). The number of methoxy groups -OCH3 is 1. The second kappa shape index (κ2) is 6.84. The van der Waals surface area contributed by atoms with E-state index in [0.29, 0.717) is 12.3 Å². The minimum Gasteiger partial charge on any atom is -0.490 e. The number of allylic oxidation sites excluding steroid dienone is 1. The quantitative estimate of drug-likeness (QED) is 0.618. The van der Waals surface area contributed by atoms with E-state index in [9.17, 15) is 9.90 Å². The topological polar surface area (TPSA) is 46.5 Å². The summed E-state index contributed by atoms with van der Waals surface area (Å²) in [6.07, 6.45) is 1.64. The van der Waals surface area contributed by atoms with Gasteiger partial charge in [-0.2, -0.15) is 0 Å². The van der Waals surface area contributed by atoms with Gasteiger partial charge in [-0.15, -0.1) is 0 Å². The molecule has 0 spiro atoms. The molecule has 3 heteroatoms. The lowest BCUT2D eigenvalue weighted by Gasteiger charge is -2.13. The maximum atomic E-state index is 11.2. The molecule has 0 fully saturated rings. The van der Waals surface area contributed by atoms with Gasteiger partial charge in [0.15, 0.2) is 0 Å². The third kappa shape index (κ3) is 3.91. The fourth-order valence-electron chi connectivity index (χ4n) is 1.80. The highest BCUT2D eigenvalue weighted by molar-refractivity contribution is 5.94. The Hall–Kier alpha value is -1.77. The first-order valence-electron chi connectivity index (χ1n) is 6.12. The molecule has 0 aliphatic rings. The van der Waals surface area contributed by atoms with Crippen LogP contribution in [0, 0.1) is 5.92 Å². The van der Waals surface area contributed by atoms with E-state index in [4.69, 9.17) is 4.74 Å². The lowest BCUT2D eigenvalue weighted by Crippen LogP contribution is -2.07. The van der Waals surface area contributed by atoms with Gasteiger partial charge in [-0.3, -0.25) is 0 Å². The molecule has 0 aliphatic carbocycles. The first kappa shape index (κ1) is 14.3. The molecule has 0 atom stereocenters. The van der Waals surface area contributed by atoms with E-state index in [0.717, 1.165) is 17.6 Å². The fourth-order valence-corrected chi connectivity index (χ4v) is 1.80. The van der Waals surface area contributed by atoms with Crippen LogP contribution in [0.25, 0.3) is 5.57 Å². The first-order valence-corrected chi connectivity index (χ1v) is 6.12. The molecule has 0 aromatic heterocycles. The average molecular weight is 248 g/mol. The van der Waals surface area contributed by atoms with E-state index in [1.165, 1.54) is 7.11 Å². The van der Waals surface area contributed by atoms with Crippen molar-refractivity contribution in [2.45, 2.75) is 26.7 Å². The Kier molecular flexibility index (Phi) is 5.43. The zero-order valence-corrected chi connectivity index (χ0v) is 11.1. The van der Waals surface area contributed by atoms with Gasteiger partial charge < -0.3 is 9.84 Å². The number of hydrogen-bond acceptors (Lipinski definition) is 2. The van der Waals surface area contributed by atoms with Crippen molar-refractivity contribution in [2.24, 2.45) is 5.92 Å². The molecule has 1 aromatic rings. The number of carbonyl (C=O) groups is 1. The van der Waals surface area contributed by atoms with E-state index >= 15 is 0 Å². The van der Waals surface area contributed by atoms with Crippen LogP contribution < -0.4 is 0 Å². The summed E-state index contributed by atoms with van der Waals surface area (Å²) in [4.78, 5) is 11.2. The van der Waals surface area contributed by atoms with E-state index < -0.39 is 5.97 Å². The van der Waals surface area contributed by atoms with Gasteiger partial charge in [-0.1, -0.05) is 44.2 Å². The van der Waals surface area contributed by atoms with Gasteiger partial charge in [0.25, 0.3) is 0 Å². The van der Waals surface area contributed by atoms with E-state index in [1.807, 2.05) is 30.3 Å². The van der Waals surface area contributed by atoms with Crippen LogP contribution in [0.4, 0.5) is 0 Å². The molecule has 1 rings (SSSR count). The zero-order chi connectivity index (χ0) is 13.5. The van der Waals surface area contributed by atoms with Crippen molar-refractivity contribution in [2.75, 3.05) is 7.11 Å². The van der Waals surface area contributed by atoms with E-state index in [2.05, 4.69) is 13.8 Å². The lowest BCUT2D eigenvalue weighted by atomic mass is 9.96. The third-order valence-electron chi connectivity index (χ3n) is 2.77. The summed E-state index contributed by atoms with van der Waals surface area (Å²) in [6.45, 7) is 4.24. The molecule has 1 N–H and O–H groups in total. The Bertz CT molecular complexity index is 419. The van der Waals surface area contributed by atoms with Crippen molar-refractivity contribution < 1.29 is 14.6 Å². The Labute approximate surface area is 108 Å². The van der Waals surface area contributed by atoms with Crippen LogP contribution in [0.2, 0.25) is 0 Å². The molecule has 3 nitrogen and oxygen atoms in total. The Morgan fingerprint density at radius 2 is 1.89 bits per heavy atom. The monoisotopic (exact) mass is 248 g/mol. The lowest BCUT2D eigenvalue weighted by molar-refractivity contribution is -0.135. The number of hydrogen-bond donors (Lipinski definition) is 1. The molecule has 0 saturated heterocycles. The van der Waals surface area contributed by atoms with Gasteiger partial charge in [-0.25, -0.2) is 4.79 Å². The van der Waals surface area contributed by atoms with E-state index in [1.54, 1.807) is 0 Å². The van der Waals surface area contributed by atoms with Gasteiger partial charge in [0.2, 0.25) is 5.76 Å². The average Bonchev–Trinajstić information content (AvgIpc) is 2.34. The van der Waals surface area contributed by atoms with Crippen LogP contribution in [-0.4, -0.2) is 18.2 Å². The number of carboxylic acid groups (broad SMARTS) is 1. The number of ether oxygens (including phenoxy) is 1. The summed E-state index contributed by atoms with van der Waals surface area (Å²) in [7, 11) is 1.40. The molecular formula is C15H20O3. The second-order valence-corrected chi connectivity index (χ2v) is 4.62. The molecular weight excluding hydrogens is 228 g/mol. The van der Waals surface area contributed by atoms with Gasteiger partial charge >= 0.3 is 5.97 Å². The van der Waals surface area contributed by atoms with Crippen LogP contribution in [0.1, 0.15) is 32.3 Å². The number of rotatable bonds is 6. The molecule has 0 saturated carbocycles. The molecule has 98 valence electrons. The molecule has 0 bridgehead atoms. The molecule has 0 unspecified atom stereocenters. The van der Waals surface area contributed by atoms with Gasteiger partial charge in [0, 0.05) is 5.57 Å². The highest BCUT2D eigenvalue weighted by Gasteiger charge is 2.16. The van der Waals surface area contributed by atoms with Crippen molar-refractivity contribution in [3.05, 3.63) is 41.7 Å². The smallest absolute Gasteiger partial charge is 0.371 e. The molecule has 0 amide bonds. The normalized spacial score (nSPS) is 12.2. The second-order valence-electron chi connectivity index (χ2n) is 4.62. The van der Waals surface area contributed by atoms with Crippen molar-refractivity contribution in [3.8, 4) is 0 Å². The minimum atomic E-state index is -1.01. The molecule has 0 aliphatic heterocycles. The van der Waals surface area contributed by atoms with Crippen molar-refractivity contribution in [1.29, 1.82) is 0 Å². The fraction of sp³-hybridized carbons (Fsp3) is 0.400. The highest BCUT2D eigenvalue weighted by Crippen LogP contribution is 2.26. The summed E-state index contributed by atoms with van der Waals surface area (Å²) < 4.78 is 5.04. The van der Waals surface area contributed by atoms with Crippen molar-refractivity contribution in [3.63, 3.8) is 0 Å². The van der Waals surface area contributed by atoms with Gasteiger partial charge in [0.05, 0.1) is 7.11 Å². The summed E-state index contributed by atoms with van der Waals surface area (Å²) in [5.41, 5.74) is 1.68. The maximum Gasteiger partial charge on any atom is 0.371 e.